The molecule has 2 rings (SSSR count). The predicted molar refractivity (Wildman–Crippen MR) is 120 cm³/mol. The van der Waals surface area contributed by atoms with Gasteiger partial charge in [0.2, 0.25) is 17.7 Å². The molecule has 0 radical (unpaired) electrons. The van der Waals surface area contributed by atoms with Crippen molar-refractivity contribution in [1.29, 1.82) is 0 Å². The van der Waals surface area contributed by atoms with E-state index in [0.717, 1.165) is 5.56 Å². The van der Waals surface area contributed by atoms with E-state index in [4.69, 9.17) is 5.73 Å². The summed E-state index contributed by atoms with van der Waals surface area (Å²) < 4.78 is 0. The van der Waals surface area contributed by atoms with Gasteiger partial charge in [0.25, 0.3) is 0 Å². The van der Waals surface area contributed by atoms with Crippen molar-refractivity contribution in [2.24, 2.45) is 5.73 Å². The van der Waals surface area contributed by atoms with Crippen LogP contribution in [0.4, 0.5) is 5.69 Å². The quantitative estimate of drug-likeness (QED) is 0.333. The van der Waals surface area contributed by atoms with Crippen LogP contribution < -0.4 is 21.7 Å². The molecule has 0 aromatic heterocycles. The topological polar surface area (TPSA) is 151 Å². The number of anilines is 1. The number of para-hydroxylation sites is 1. The maximum atomic E-state index is 13.0. The van der Waals surface area contributed by atoms with Gasteiger partial charge >= 0.3 is 5.97 Å². The zero-order valence-electron chi connectivity index (χ0n) is 17.8. The lowest BCUT2D eigenvalue weighted by Crippen LogP contribution is -2.55. The van der Waals surface area contributed by atoms with Crippen LogP contribution in [-0.2, 0) is 25.6 Å². The Balaban J connectivity index is 2.12. The van der Waals surface area contributed by atoms with Crippen molar-refractivity contribution in [2.45, 2.75) is 44.3 Å². The van der Waals surface area contributed by atoms with E-state index in [1.807, 2.05) is 30.3 Å². The molecule has 3 amide bonds. The number of carbonyl (C=O) groups excluding carboxylic acids is 3. The third kappa shape index (κ3) is 8.19. The standard InChI is InChI=1S/C23H28N4O5/c1-15(23(31)32)25-18(13-12-16-8-4-2-5-9-16)21(29)27-19(14-20(24)28)22(30)26-17-10-6-3-7-11-17/h2-11,15,18-19,25H,12-14H2,1H3,(H2,24,28)(H,26,30)(H,27,29)(H,31,32)/t15-,18+,19+/m1/s1. The van der Waals surface area contributed by atoms with Gasteiger partial charge in [-0.3, -0.25) is 24.5 Å². The zero-order chi connectivity index (χ0) is 23.5. The number of carboxylic acids is 1. The molecular formula is C23H28N4O5. The second-order valence-electron chi connectivity index (χ2n) is 7.39. The Morgan fingerprint density at radius 3 is 2.06 bits per heavy atom. The fourth-order valence-electron chi connectivity index (χ4n) is 3.05. The van der Waals surface area contributed by atoms with Gasteiger partial charge in [-0.2, -0.15) is 0 Å². The van der Waals surface area contributed by atoms with Crippen LogP contribution in [0, 0.1) is 0 Å². The van der Waals surface area contributed by atoms with E-state index in [-0.39, 0.29) is 6.42 Å². The molecule has 3 atom stereocenters. The summed E-state index contributed by atoms with van der Waals surface area (Å²) >= 11 is 0. The molecule has 0 aliphatic rings. The predicted octanol–water partition coefficient (Wildman–Crippen LogP) is 1.05. The van der Waals surface area contributed by atoms with Gasteiger partial charge in [-0.1, -0.05) is 48.5 Å². The molecule has 0 aliphatic heterocycles. The first-order valence-electron chi connectivity index (χ1n) is 10.2. The lowest BCUT2D eigenvalue weighted by atomic mass is 10.0. The molecule has 2 aromatic rings. The van der Waals surface area contributed by atoms with Crippen molar-refractivity contribution in [3.63, 3.8) is 0 Å². The number of amides is 3. The van der Waals surface area contributed by atoms with Crippen molar-refractivity contribution < 1.29 is 24.3 Å². The van der Waals surface area contributed by atoms with Crippen LogP contribution in [0.1, 0.15) is 25.3 Å². The summed E-state index contributed by atoms with van der Waals surface area (Å²) in [7, 11) is 0. The average Bonchev–Trinajstić information content (AvgIpc) is 2.76. The molecule has 0 fully saturated rings. The summed E-state index contributed by atoms with van der Waals surface area (Å²) in [5.74, 6) is -3.07. The largest absolute Gasteiger partial charge is 0.480 e. The smallest absolute Gasteiger partial charge is 0.320 e. The Bertz CT molecular complexity index is 920. The van der Waals surface area contributed by atoms with Gasteiger partial charge in [0, 0.05) is 5.69 Å². The first-order chi connectivity index (χ1) is 15.3. The average molecular weight is 441 g/mol. The number of nitrogens with two attached hydrogens (primary N) is 1. The Morgan fingerprint density at radius 2 is 1.50 bits per heavy atom. The number of rotatable bonds is 12. The van der Waals surface area contributed by atoms with E-state index in [0.29, 0.717) is 12.1 Å². The van der Waals surface area contributed by atoms with E-state index in [1.54, 1.807) is 30.3 Å². The number of primary amides is 1. The molecule has 0 heterocycles. The number of carbonyl (C=O) groups is 4. The highest BCUT2D eigenvalue weighted by Gasteiger charge is 2.28. The van der Waals surface area contributed by atoms with Crippen LogP contribution in [0.15, 0.2) is 60.7 Å². The van der Waals surface area contributed by atoms with Crippen molar-refractivity contribution in [1.82, 2.24) is 10.6 Å². The molecule has 0 unspecified atom stereocenters. The number of carboxylic acid groups (broad SMARTS) is 1. The molecule has 9 nitrogen and oxygen atoms in total. The fourth-order valence-corrected chi connectivity index (χ4v) is 3.05. The van der Waals surface area contributed by atoms with Crippen LogP contribution in [0.2, 0.25) is 0 Å². The Hall–Kier alpha value is -3.72. The lowest BCUT2D eigenvalue weighted by molar-refractivity contribution is -0.139. The Kier molecular flexibility index (Phi) is 9.37. The third-order valence-electron chi connectivity index (χ3n) is 4.78. The van der Waals surface area contributed by atoms with Crippen LogP contribution in [0.5, 0.6) is 0 Å². The fraction of sp³-hybridized carbons (Fsp3) is 0.304. The summed E-state index contributed by atoms with van der Waals surface area (Å²) in [5.41, 5.74) is 6.74. The summed E-state index contributed by atoms with van der Waals surface area (Å²) in [4.78, 5) is 48.4. The Morgan fingerprint density at radius 1 is 0.906 bits per heavy atom. The molecule has 0 bridgehead atoms. The van der Waals surface area contributed by atoms with Crippen molar-refractivity contribution in [3.8, 4) is 0 Å². The van der Waals surface area contributed by atoms with Crippen molar-refractivity contribution >= 4 is 29.4 Å². The third-order valence-corrected chi connectivity index (χ3v) is 4.78. The number of benzene rings is 2. The monoisotopic (exact) mass is 440 g/mol. The van der Waals surface area contributed by atoms with Gasteiger partial charge < -0.3 is 21.5 Å². The summed E-state index contributed by atoms with van der Waals surface area (Å²) in [6, 6.07) is 14.9. The zero-order valence-corrected chi connectivity index (χ0v) is 17.8. The van der Waals surface area contributed by atoms with Crippen molar-refractivity contribution in [3.05, 3.63) is 66.2 Å². The summed E-state index contributed by atoms with van der Waals surface area (Å²) in [6.45, 7) is 1.42. The van der Waals surface area contributed by atoms with E-state index < -0.39 is 48.2 Å². The molecule has 9 heteroatoms. The molecule has 0 saturated heterocycles. The van der Waals surface area contributed by atoms with E-state index in [1.165, 1.54) is 6.92 Å². The van der Waals surface area contributed by atoms with Crippen LogP contribution >= 0.6 is 0 Å². The van der Waals surface area contributed by atoms with Crippen LogP contribution in [0.25, 0.3) is 0 Å². The molecular weight excluding hydrogens is 412 g/mol. The summed E-state index contributed by atoms with van der Waals surface area (Å²) in [5, 5.41) is 17.2. The van der Waals surface area contributed by atoms with Gasteiger partial charge in [-0.05, 0) is 37.5 Å². The molecule has 0 spiro atoms. The Labute approximate surface area is 186 Å². The number of aliphatic carboxylic acids is 1. The highest BCUT2D eigenvalue weighted by molar-refractivity contribution is 6.00. The van der Waals surface area contributed by atoms with Crippen molar-refractivity contribution in [2.75, 3.05) is 5.32 Å². The first kappa shape index (κ1) is 24.5. The molecule has 0 aliphatic carbocycles. The maximum Gasteiger partial charge on any atom is 0.320 e. The SMILES string of the molecule is C[C@@H](N[C@@H](CCc1ccccc1)C(=O)N[C@@H](CC(N)=O)C(=O)Nc1ccccc1)C(=O)O. The maximum absolute atomic E-state index is 13.0. The second-order valence-corrected chi connectivity index (χ2v) is 7.39. The van der Waals surface area contributed by atoms with Crippen LogP contribution in [0.3, 0.4) is 0 Å². The van der Waals surface area contributed by atoms with E-state index >= 15 is 0 Å². The van der Waals surface area contributed by atoms with E-state index in [9.17, 15) is 24.3 Å². The number of aryl methyl sites for hydroxylation is 1. The highest BCUT2D eigenvalue weighted by Crippen LogP contribution is 2.09. The molecule has 170 valence electrons. The molecule has 32 heavy (non-hydrogen) atoms. The van der Waals surface area contributed by atoms with Crippen LogP contribution in [-0.4, -0.2) is 46.9 Å². The summed E-state index contributed by atoms with van der Waals surface area (Å²) in [6.07, 6.45) is 0.399. The number of nitrogens with one attached hydrogen (secondary N) is 3. The second kappa shape index (κ2) is 12.2. The van der Waals surface area contributed by atoms with Gasteiger partial charge in [0.15, 0.2) is 0 Å². The van der Waals surface area contributed by atoms with Gasteiger partial charge in [0.05, 0.1) is 12.5 Å². The van der Waals surface area contributed by atoms with Gasteiger partial charge in [0.1, 0.15) is 12.1 Å². The number of hydrogen-bond donors (Lipinski definition) is 5. The first-order valence-corrected chi connectivity index (χ1v) is 10.2. The molecule has 6 N–H and O–H groups in total. The normalized spacial score (nSPS) is 13.4. The van der Waals surface area contributed by atoms with E-state index in [2.05, 4.69) is 16.0 Å². The lowest BCUT2D eigenvalue weighted by Gasteiger charge is -2.24. The number of hydrogen-bond acceptors (Lipinski definition) is 5. The minimum absolute atomic E-state index is 0.289. The molecule has 0 saturated carbocycles. The van der Waals surface area contributed by atoms with Gasteiger partial charge in [-0.15, -0.1) is 0 Å². The molecule has 2 aromatic carbocycles. The van der Waals surface area contributed by atoms with Gasteiger partial charge in [-0.25, -0.2) is 0 Å². The minimum atomic E-state index is -1.21. The highest BCUT2D eigenvalue weighted by atomic mass is 16.4. The minimum Gasteiger partial charge on any atom is -0.480 e.